The van der Waals surface area contributed by atoms with E-state index in [0.29, 0.717) is 17.1 Å². The van der Waals surface area contributed by atoms with Crippen LogP contribution in [0.3, 0.4) is 0 Å². The minimum absolute atomic E-state index is 0.127. The third-order valence-corrected chi connectivity index (χ3v) is 6.41. The maximum absolute atomic E-state index is 11.6. The molecule has 0 saturated carbocycles. The summed E-state index contributed by atoms with van der Waals surface area (Å²) in [5, 5.41) is 3.25. The summed E-state index contributed by atoms with van der Waals surface area (Å²) in [6, 6.07) is 0. The molecular formula is C7H8O3S3. The summed E-state index contributed by atoms with van der Waals surface area (Å²) in [6.07, 6.45) is 0.494. The van der Waals surface area contributed by atoms with Gasteiger partial charge in [-0.1, -0.05) is 0 Å². The van der Waals surface area contributed by atoms with Crippen molar-refractivity contribution in [2.45, 2.75) is 16.2 Å². The predicted molar refractivity (Wildman–Crippen MR) is 52.3 cm³/mol. The average Bonchev–Trinajstić information content (AvgIpc) is 2.48. The Balaban J connectivity index is 2.67. The van der Waals surface area contributed by atoms with Gasteiger partial charge in [0.2, 0.25) is 0 Å². The molecule has 0 N–H and O–H groups in total. The molecule has 0 radical (unpaired) electrons. The maximum Gasteiger partial charge on any atom is 0.180 e. The van der Waals surface area contributed by atoms with Gasteiger partial charge in [0.15, 0.2) is 9.84 Å². The van der Waals surface area contributed by atoms with Gasteiger partial charge in [-0.25, -0.2) is 8.42 Å². The van der Waals surface area contributed by atoms with E-state index >= 15 is 0 Å². The summed E-state index contributed by atoms with van der Waals surface area (Å²) < 4.78 is 34.7. The van der Waals surface area contributed by atoms with E-state index in [2.05, 4.69) is 0 Å². The molecule has 0 fully saturated rings. The topological polar surface area (TPSA) is 51.2 Å². The van der Waals surface area contributed by atoms with Crippen molar-refractivity contribution in [3.63, 3.8) is 0 Å². The zero-order valence-corrected chi connectivity index (χ0v) is 9.18. The Morgan fingerprint density at radius 1 is 1.38 bits per heavy atom. The minimum Gasteiger partial charge on any atom is -0.254 e. The summed E-state index contributed by atoms with van der Waals surface area (Å²) in [7, 11) is -4.27. The van der Waals surface area contributed by atoms with Crippen molar-refractivity contribution in [2.75, 3.05) is 11.5 Å². The molecule has 1 aromatic heterocycles. The fraction of sp³-hybridized carbons (Fsp3) is 0.429. The van der Waals surface area contributed by atoms with Gasteiger partial charge in [0.1, 0.15) is 0 Å². The van der Waals surface area contributed by atoms with Gasteiger partial charge in [-0.15, -0.1) is 11.3 Å². The van der Waals surface area contributed by atoms with Crippen LogP contribution in [0.4, 0.5) is 0 Å². The molecule has 1 unspecified atom stereocenters. The molecule has 1 aromatic rings. The van der Waals surface area contributed by atoms with Crippen LogP contribution in [0, 0.1) is 0 Å². The first-order valence-electron chi connectivity index (χ1n) is 3.78. The molecule has 1 aliphatic rings. The highest BCUT2D eigenvalue weighted by Gasteiger charge is 2.26. The van der Waals surface area contributed by atoms with Crippen molar-refractivity contribution >= 4 is 32.0 Å². The molecule has 1 aliphatic heterocycles. The van der Waals surface area contributed by atoms with Gasteiger partial charge in [0, 0.05) is 16.5 Å². The zero-order chi connectivity index (χ0) is 9.47. The maximum atomic E-state index is 11.6. The largest absolute Gasteiger partial charge is 0.254 e. The number of hydrogen-bond donors (Lipinski definition) is 0. The summed E-state index contributed by atoms with van der Waals surface area (Å²) in [5.41, 5.74) is 0. The van der Waals surface area contributed by atoms with Crippen molar-refractivity contribution < 1.29 is 12.6 Å². The SMILES string of the molecule is O=S1CCCS(=O)(=O)c2cscc21. The Morgan fingerprint density at radius 2 is 2.15 bits per heavy atom. The lowest BCUT2D eigenvalue weighted by Crippen LogP contribution is -2.04. The van der Waals surface area contributed by atoms with Gasteiger partial charge in [-0.05, 0) is 6.42 Å². The van der Waals surface area contributed by atoms with Gasteiger partial charge in [0.25, 0.3) is 0 Å². The highest BCUT2D eigenvalue weighted by atomic mass is 32.2. The molecule has 2 heterocycles. The van der Waals surface area contributed by atoms with Crippen LogP contribution in [0.1, 0.15) is 6.42 Å². The molecule has 3 nitrogen and oxygen atoms in total. The highest BCUT2D eigenvalue weighted by Crippen LogP contribution is 2.28. The van der Waals surface area contributed by atoms with Crippen LogP contribution in [0.25, 0.3) is 0 Å². The van der Waals surface area contributed by atoms with E-state index in [1.807, 2.05) is 0 Å². The third-order valence-electron chi connectivity index (χ3n) is 1.92. The molecule has 13 heavy (non-hydrogen) atoms. The smallest absolute Gasteiger partial charge is 0.180 e. The van der Waals surface area contributed by atoms with E-state index in [4.69, 9.17) is 0 Å². The zero-order valence-electron chi connectivity index (χ0n) is 6.73. The molecular weight excluding hydrogens is 228 g/mol. The number of sulfone groups is 1. The van der Waals surface area contributed by atoms with Gasteiger partial charge in [-0.2, -0.15) is 0 Å². The first kappa shape index (κ1) is 9.36. The lowest BCUT2D eigenvalue weighted by Gasteiger charge is -1.96. The van der Waals surface area contributed by atoms with E-state index in [1.54, 1.807) is 10.8 Å². The highest BCUT2D eigenvalue weighted by molar-refractivity contribution is 7.93. The Kier molecular flexibility index (Phi) is 2.29. The van der Waals surface area contributed by atoms with Crippen LogP contribution in [0.2, 0.25) is 0 Å². The lowest BCUT2D eigenvalue weighted by atomic mass is 10.6. The molecule has 0 amide bonds. The number of thiophene rings is 1. The molecule has 0 spiro atoms. The standard InChI is InChI=1S/C7H8O3S3/c8-12-2-1-3-13(9,10)7-5-11-4-6(7)12/h4-5H,1-3H2. The fourth-order valence-corrected chi connectivity index (χ4v) is 6.20. The average molecular weight is 236 g/mol. The predicted octanol–water partition coefficient (Wildman–Crippen LogP) is 1.03. The molecule has 0 aromatic carbocycles. The van der Waals surface area contributed by atoms with Gasteiger partial charge < -0.3 is 0 Å². The second kappa shape index (κ2) is 3.18. The Hall–Kier alpha value is -0.200. The van der Waals surface area contributed by atoms with Crippen molar-refractivity contribution in [2.24, 2.45) is 0 Å². The number of hydrogen-bond acceptors (Lipinski definition) is 4. The van der Waals surface area contributed by atoms with Crippen molar-refractivity contribution in [1.82, 2.24) is 0 Å². The van der Waals surface area contributed by atoms with E-state index in [0.717, 1.165) is 0 Å². The van der Waals surface area contributed by atoms with Crippen LogP contribution in [0.5, 0.6) is 0 Å². The summed E-state index contributed by atoms with van der Waals surface area (Å²) in [4.78, 5) is 0.788. The van der Waals surface area contributed by atoms with Crippen LogP contribution in [0.15, 0.2) is 20.6 Å². The summed E-state index contributed by atoms with van der Waals surface area (Å²) in [5.74, 6) is 0.589. The number of fused-ring (bicyclic) bond motifs is 1. The third kappa shape index (κ3) is 1.58. The molecule has 1 atom stereocenters. The van der Waals surface area contributed by atoms with E-state index < -0.39 is 20.6 Å². The monoisotopic (exact) mass is 236 g/mol. The molecule has 0 bridgehead atoms. The Morgan fingerprint density at radius 3 is 2.92 bits per heavy atom. The normalized spacial score (nSPS) is 26.3. The molecule has 2 rings (SSSR count). The van der Waals surface area contributed by atoms with Gasteiger partial charge >= 0.3 is 0 Å². The molecule has 0 aliphatic carbocycles. The van der Waals surface area contributed by atoms with E-state index in [1.165, 1.54) is 11.3 Å². The van der Waals surface area contributed by atoms with Crippen LogP contribution >= 0.6 is 11.3 Å². The van der Waals surface area contributed by atoms with Gasteiger partial charge in [0.05, 0.1) is 26.3 Å². The van der Waals surface area contributed by atoms with Crippen molar-refractivity contribution in [3.8, 4) is 0 Å². The van der Waals surface area contributed by atoms with Crippen LogP contribution in [-0.4, -0.2) is 24.1 Å². The van der Waals surface area contributed by atoms with Crippen LogP contribution in [-0.2, 0) is 20.6 Å². The molecule has 0 saturated heterocycles. The molecule has 72 valence electrons. The van der Waals surface area contributed by atoms with Crippen LogP contribution < -0.4 is 0 Å². The summed E-state index contributed by atoms with van der Waals surface area (Å²) >= 11 is 1.30. The quantitative estimate of drug-likeness (QED) is 0.676. The summed E-state index contributed by atoms with van der Waals surface area (Å²) in [6.45, 7) is 0. The first-order chi connectivity index (χ1) is 6.11. The minimum atomic E-state index is -3.15. The van der Waals surface area contributed by atoms with E-state index in [-0.39, 0.29) is 10.6 Å². The van der Waals surface area contributed by atoms with E-state index in [9.17, 15) is 12.6 Å². The second-order valence-corrected chi connectivity index (χ2v) is 7.18. The number of rotatable bonds is 0. The Bertz CT molecular complexity index is 443. The van der Waals surface area contributed by atoms with Crippen molar-refractivity contribution in [1.29, 1.82) is 0 Å². The van der Waals surface area contributed by atoms with Gasteiger partial charge in [-0.3, -0.25) is 4.21 Å². The fourth-order valence-electron chi connectivity index (χ4n) is 1.27. The lowest BCUT2D eigenvalue weighted by molar-refractivity contribution is 0.594. The Labute approximate surface area is 83.2 Å². The second-order valence-electron chi connectivity index (χ2n) is 2.82. The molecule has 6 heteroatoms. The van der Waals surface area contributed by atoms with Crippen molar-refractivity contribution in [3.05, 3.63) is 10.8 Å². The first-order valence-corrected chi connectivity index (χ1v) is 7.70.